The molecule has 0 saturated carbocycles. The van der Waals surface area contributed by atoms with Crippen LogP contribution < -0.4 is 5.32 Å². The number of hydrogen-bond acceptors (Lipinski definition) is 2. The third-order valence-corrected chi connectivity index (χ3v) is 3.55. The lowest BCUT2D eigenvalue weighted by Gasteiger charge is -2.15. The number of rotatable bonds is 5. The lowest BCUT2D eigenvalue weighted by Crippen LogP contribution is -2.18. The van der Waals surface area contributed by atoms with Crippen molar-refractivity contribution in [1.82, 2.24) is 15.1 Å². The summed E-state index contributed by atoms with van der Waals surface area (Å²) in [7, 11) is 0. The maximum atomic E-state index is 4.15. The molecule has 3 nitrogen and oxygen atoms in total. The van der Waals surface area contributed by atoms with Crippen LogP contribution in [0.2, 0.25) is 0 Å². The van der Waals surface area contributed by atoms with Gasteiger partial charge in [-0.3, -0.25) is 0 Å². The minimum Gasteiger partial charge on any atom is -0.306 e. The Kier molecular flexibility index (Phi) is 4.33. The van der Waals surface area contributed by atoms with Crippen molar-refractivity contribution in [3.8, 4) is 0 Å². The van der Waals surface area contributed by atoms with E-state index in [-0.39, 0.29) is 6.04 Å². The van der Waals surface area contributed by atoms with Crippen LogP contribution in [0.3, 0.4) is 0 Å². The molecule has 1 heterocycles. The molecule has 1 N–H and O–H groups in total. The van der Waals surface area contributed by atoms with Crippen LogP contribution in [-0.2, 0) is 6.54 Å². The highest BCUT2D eigenvalue weighted by Gasteiger charge is 2.08. The van der Waals surface area contributed by atoms with Crippen LogP contribution in [0.15, 0.2) is 47.7 Å². The topological polar surface area (TPSA) is 29.9 Å². The van der Waals surface area contributed by atoms with Gasteiger partial charge in [-0.05, 0) is 18.6 Å². The van der Waals surface area contributed by atoms with E-state index in [1.54, 1.807) is 10.9 Å². The van der Waals surface area contributed by atoms with E-state index in [0.29, 0.717) is 0 Å². The highest BCUT2D eigenvalue weighted by molar-refractivity contribution is 9.10. The summed E-state index contributed by atoms with van der Waals surface area (Å²) in [4.78, 5) is 0. The van der Waals surface area contributed by atoms with E-state index < -0.39 is 0 Å². The zero-order valence-electron chi connectivity index (χ0n) is 10.3. The van der Waals surface area contributed by atoms with Gasteiger partial charge in [-0.1, -0.05) is 40.7 Å². The van der Waals surface area contributed by atoms with Gasteiger partial charge in [0.2, 0.25) is 0 Å². The number of halogens is 1. The Morgan fingerprint density at radius 2 is 2.28 bits per heavy atom. The smallest absolute Gasteiger partial charge is 0.0538 e. The fourth-order valence-electron chi connectivity index (χ4n) is 1.78. The average molecular weight is 306 g/mol. The van der Waals surface area contributed by atoms with Crippen molar-refractivity contribution in [2.75, 3.05) is 0 Å². The van der Waals surface area contributed by atoms with Gasteiger partial charge in [0.15, 0.2) is 0 Å². The summed E-state index contributed by atoms with van der Waals surface area (Å²) in [6, 6.07) is 8.54. The maximum Gasteiger partial charge on any atom is 0.0538 e. The first-order valence-corrected chi connectivity index (χ1v) is 6.63. The van der Waals surface area contributed by atoms with Gasteiger partial charge < -0.3 is 5.32 Å². The molecular weight excluding hydrogens is 290 g/mol. The predicted molar refractivity (Wildman–Crippen MR) is 78.0 cm³/mol. The second-order valence-electron chi connectivity index (χ2n) is 4.14. The molecule has 0 radical (unpaired) electrons. The molecule has 4 heteroatoms. The third kappa shape index (κ3) is 3.09. The fourth-order valence-corrected chi connectivity index (χ4v) is 2.40. The Bertz CT molecular complexity index is 533. The first-order chi connectivity index (χ1) is 8.70. The normalized spacial score (nSPS) is 12.3. The van der Waals surface area contributed by atoms with Crippen LogP contribution in [0.1, 0.15) is 24.1 Å². The fraction of sp³-hybridized carbons (Fsp3) is 0.214. The minimum atomic E-state index is 0.285. The molecule has 0 spiro atoms. The molecule has 0 aliphatic rings. The van der Waals surface area contributed by atoms with Crippen LogP contribution in [0, 0.1) is 0 Å². The molecule has 0 bridgehead atoms. The van der Waals surface area contributed by atoms with Gasteiger partial charge in [-0.25, -0.2) is 4.68 Å². The second kappa shape index (κ2) is 5.98. The molecule has 2 aromatic rings. The summed E-state index contributed by atoms with van der Waals surface area (Å²) in [5.74, 6) is 0. The molecule has 0 saturated heterocycles. The van der Waals surface area contributed by atoms with E-state index in [0.717, 1.165) is 16.6 Å². The van der Waals surface area contributed by atoms with Crippen molar-refractivity contribution in [3.05, 3.63) is 58.8 Å². The van der Waals surface area contributed by atoms with Gasteiger partial charge >= 0.3 is 0 Å². The Hall–Kier alpha value is -1.39. The van der Waals surface area contributed by atoms with Crippen LogP contribution in [0.5, 0.6) is 0 Å². The summed E-state index contributed by atoms with van der Waals surface area (Å²) in [6.45, 7) is 6.61. The standard InChI is InChI=1S/C14H16BrN3/c1-3-18-10-12(9-17-18)8-16-11(2)13-6-4-5-7-14(13)15/h3-7,9-11,16H,1,8H2,2H3. The van der Waals surface area contributed by atoms with E-state index in [9.17, 15) is 0 Å². The minimum absolute atomic E-state index is 0.285. The van der Waals surface area contributed by atoms with Gasteiger partial charge in [0, 0.05) is 35.0 Å². The molecule has 0 aliphatic heterocycles. The van der Waals surface area contributed by atoms with Crippen LogP contribution in [0.25, 0.3) is 6.20 Å². The lowest BCUT2D eigenvalue weighted by atomic mass is 10.1. The Labute approximate surface area is 116 Å². The highest BCUT2D eigenvalue weighted by Crippen LogP contribution is 2.22. The van der Waals surface area contributed by atoms with Gasteiger partial charge in [-0.15, -0.1) is 0 Å². The van der Waals surface area contributed by atoms with E-state index in [2.05, 4.69) is 52.0 Å². The molecule has 1 atom stereocenters. The van der Waals surface area contributed by atoms with Crippen LogP contribution in [0.4, 0.5) is 0 Å². The number of hydrogen-bond donors (Lipinski definition) is 1. The quantitative estimate of drug-likeness (QED) is 0.915. The predicted octanol–water partition coefficient (Wildman–Crippen LogP) is 3.60. The summed E-state index contributed by atoms with van der Waals surface area (Å²) in [5.41, 5.74) is 2.41. The van der Waals surface area contributed by atoms with E-state index >= 15 is 0 Å². The average Bonchev–Trinajstić information content (AvgIpc) is 2.84. The molecule has 1 unspecified atom stereocenters. The summed E-state index contributed by atoms with van der Waals surface area (Å²) in [6.07, 6.45) is 5.49. The summed E-state index contributed by atoms with van der Waals surface area (Å²) < 4.78 is 2.84. The molecule has 0 aliphatic carbocycles. The van der Waals surface area contributed by atoms with Gasteiger partial charge in [0.1, 0.15) is 0 Å². The first-order valence-electron chi connectivity index (χ1n) is 5.84. The Balaban J connectivity index is 1.98. The third-order valence-electron chi connectivity index (χ3n) is 2.83. The van der Waals surface area contributed by atoms with Crippen molar-refractivity contribution in [2.24, 2.45) is 0 Å². The van der Waals surface area contributed by atoms with E-state index in [1.807, 2.05) is 24.5 Å². The number of nitrogens with one attached hydrogen (secondary N) is 1. The number of aromatic nitrogens is 2. The van der Waals surface area contributed by atoms with Gasteiger partial charge in [0.05, 0.1) is 6.20 Å². The van der Waals surface area contributed by atoms with E-state index in [1.165, 1.54) is 5.56 Å². The first kappa shape index (κ1) is 13.1. The molecule has 94 valence electrons. The molecule has 0 fully saturated rings. The largest absolute Gasteiger partial charge is 0.306 e. The second-order valence-corrected chi connectivity index (χ2v) is 4.99. The lowest BCUT2D eigenvalue weighted by molar-refractivity contribution is 0.573. The van der Waals surface area contributed by atoms with Crippen LogP contribution >= 0.6 is 15.9 Å². The summed E-state index contributed by atoms with van der Waals surface area (Å²) in [5, 5.41) is 7.63. The Morgan fingerprint density at radius 1 is 1.50 bits per heavy atom. The van der Waals surface area contributed by atoms with Crippen molar-refractivity contribution >= 4 is 22.1 Å². The molecular formula is C14H16BrN3. The number of nitrogens with zero attached hydrogens (tertiary/aromatic N) is 2. The summed E-state index contributed by atoms with van der Waals surface area (Å²) >= 11 is 3.57. The van der Waals surface area contributed by atoms with Crippen molar-refractivity contribution in [3.63, 3.8) is 0 Å². The maximum absolute atomic E-state index is 4.15. The molecule has 0 amide bonds. The van der Waals surface area contributed by atoms with Crippen LogP contribution in [-0.4, -0.2) is 9.78 Å². The molecule has 1 aromatic heterocycles. The molecule has 18 heavy (non-hydrogen) atoms. The molecule has 2 rings (SSSR count). The van der Waals surface area contributed by atoms with Gasteiger partial charge in [0.25, 0.3) is 0 Å². The highest BCUT2D eigenvalue weighted by atomic mass is 79.9. The van der Waals surface area contributed by atoms with Crippen molar-refractivity contribution in [2.45, 2.75) is 19.5 Å². The number of benzene rings is 1. The van der Waals surface area contributed by atoms with Crippen molar-refractivity contribution in [1.29, 1.82) is 0 Å². The SMILES string of the molecule is C=Cn1cc(CNC(C)c2ccccc2Br)cn1. The zero-order valence-corrected chi connectivity index (χ0v) is 11.9. The van der Waals surface area contributed by atoms with Gasteiger partial charge in [-0.2, -0.15) is 5.10 Å². The van der Waals surface area contributed by atoms with E-state index in [4.69, 9.17) is 0 Å². The Morgan fingerprint density at radius 3 is 2.94 bits per heavy atom. The zero-order chi connectivity index (χ0) is 13.0. The monoisotopic (exact) mass is 305 g/mol. The molecule has 1 aromatic carbocycles. The van der Waals surface area contributed by atoms with Crippen molar-refractivity contribution < 1.29 is 0 Å².